The lowest BCUT2D eigenvalue weighted by Crippen LogP contribution is -2.60. The molecule has 0 amide bonds. The van der Waals surface area contributed by atoms with Crippen LogP contribution in [0.2, 0.25) is 18.1 Å². The monoisotopic (exact) mass is 516 g/mol. The maximum atomic E-state index is 7.20. The van der Waals surface area contributed by atoms with Crippen LogP contribution in [0, 0.1) is 0 Å². The van der Waals surface area contributed by atoms with Gasteiger partial charge in [0.25, 0.3) is 0 Å². The molecule has 0 bridgehead atoms. The Morgan fingerprint density at radius 2 is 1.76 bits per heavy atom. The van der Waals surface area contributed by atoms with Crippen LogP contribution in [0.5, 0.6) is 0 Å². The number of thioether (sulfide) groups is 2. The molecule has 0 unspecified atom stereocenters. The molecule has 0 aromatic heterocycles. The van der Waals surface area contributed by atoms with Crippen molar-refractivity contribution in [1.82, 2.24) is 0 Å². The first-order valence-electron chi connectivity index (χ1n) is 12.6. The predicted molar refractivity (Wildman–Crippen MR) is 140 cm³/mol. The number of ether oxygens (including phenoxy) is 4. The first-order valence-corrected chi connectivity index (χ1v) is 17.5. The van der Waals surface area contributed by atoms with E-state index in [2.05, 4.69) is 46.9 Å². The molecular formula is C25H44O5S2Si. The van der Waals surface area contributed by atoms with E-state index in [4.69, 9.17) is 23.4 Å². The molecule has 3 heterocycles. The molecule has 3 atom stereocenters. The van der Waals surface area contributed by atoms with Crippen molar-refractivity contribution >= 4 is 31.8 Å². The summed E-state index contributed by atoms with van der Waals surface area (Å²) in [4.78, 5) is 0. The fourth-order valence-corrected chi connectivity index (χ4v) is 9.79. The first kappa shape index (κ1) is 26.5. The summed E-state index contributed by atoms with van der Waals surface area (Å²) in [6.45, 7) is 15.3. The van der Waals surface area contributed by atoms with Crippen LogP contribution < -0.4 is 0 Å². The van der Waals surface area contributed by atoms with Crippen LogP contribution in [0.3, 0.4) is 0 Å². The van der Waals surface area contributed by atoms with Gasteiger partial charge < -0.3 is 23.4 Å². The predicted octanol–water partition coefficient (Wildman–Crippen LogP) is 6.34. The maximum Gasteiger partial charge on any atom is 0.193 e. The summed E-state index contributed by atoms with van der Waals surface area (Å²) in [7, 11) is -0.236. The molecule has 5 nitrogen and oxygen atoms in total. The molecule has 4 rings (SSSR count). The van der Waals surface area contributed by atoms with E-state index in [-0.39, 0.29) is 21.5 Å². The molecule has 3 fully saturated rings. The lowest BCUT2D eigenvalue weighted by atomic mass is 9.81. The molecule has 0 aromatic rings. The molecule has 0 radical (unpaired) electrons. The Balaban J connectivity index is 1.62. The summed E-state index contributed by atoms with van der Waals surface area (Å²) in [6.07, 6.45) is 7.94. The molecule has 2 spiro atoms. The second-order valence-electron chi connectivity index (χ2n) is 11.7. The molecule has 0 saturated carbocycles. The number of hydrogen-bond acceptors (Lipinski definition) is 7. The second kappa shape index (κ2) is 9.73. The van der Waals surface area contributed by atoms with Crippen molar-refractivity contribution in [2.75, 3.05) is 31.8 Å². The van der Waals surface area contributed by atoms with Gasteiger partial charge >= 0.3 is 0 Å². The van der Waals surface area contributed by atoms with Gasteiger partial charge in [-0.25, -0.2) is 0 Å². The molecular weight excluding hydrogens is 472 g/mol. The third kappa shape index (κ3) is 5.29. The Labute approximate surface area is 210 Å². The van der Waals surface area contributed by atoms with Crippen LogP contribution in [0.25, 0.3) is 0 Å². The Morgan fingerprint density at radius 3 is 2.30 bits per heavy atom. The van der Waals surface area contributed by atoms with Crippen molar-refractivity contribution in [2.45, 2.75) is 112 Å². The quantitative estimate of drug-likeness (QED) is 0.312. The highest BCUT2D eigenvalue weighted by Crippen LogP contribution is 2.56. The van der Waals surface area contributed by atoms with Gasteiger partial charge in [0.15, 0.2) is 20.4 Å². The highest BCUT2D eigenvalue weighted by atomic mass is 32.2. The van der Waals surface area contributed by atoms with Crippen LogP contribution in [-0.4, -0.2) is 68.0 Å². The van der Waals surface area contributed by atoms with E-state index in [1.54, 1.807) is 7.11 Å². The summed E-state index contributed by atoms with van der Waals surface area (Å²) in [5.41, 5.74) is 0.926. The van der Waals surface area contributed by atoms with Crippen molar-refractivity contribution in [3.63, 3.8) is 0 Å². The zero-order valence-corrected chi connectivity index (χ0v) is 24.3. The zero-order chi connectivity index (χ0) is 24.0. The SMILES string of the molecule is CO[C@H]1O[C@](C)([C@@H](O[Si](C)(C)C(C)(C)C)C2=CCC3(CC2)OCCO3)CCC12SCCCS2. The van der Waals surface area contributed by atoms with Gasteiger partial charge in [0.2, 0.25) is 0 Å². The number of rotatable bonds is 5. The standard InChI is InChI=1S/C25H44O5S2Si/c1-22(2,3)33(6,7)30-20(19-9-11-24(12-10-19)27-15-16-28-24)23(4)13-14-25(21(26-5)29-23)31-17-8-18-32-25/h9,20-21H,8,10-18H2,1-7H3/t20-,21-,23-/m0/s1. The van der Waals surface area contributed by atoms with Gasteiger partial charge in [0.05, 0.1) is 24.9 Å². The minimum atomic E-state index is -2.04. The number of methoxy groups -OCH3 is 1. The van der Waals surface area contributed by atoms with E-state index < -0.39 is 19.7 Å². The minimum absolute atomic E-state index is 0.00453. The normalized spacial score (nSPS) is 33.3. The van der Waals surface area contributed by atoms with Gasteiger partial charge in [0, 0.05) is 20.0 Å². The lowest BCUT2D eigenvalue weighted by molar-refractivity contribution is -0.243. The molecule has 8 heteroatoms. The van der Waals surface area contributed by atoms with E-state index >= 15 is 0 Å². The molecule has 3 saturated heterocycles. The van der Waals surface area contributed by atoms with Crippen LogP contribution in [-0.2, 0) is 23.4 Å². The van der Waals surface area contributed by atoms with Gasteiger partial charge in [-0.15, -0.1) is 23.5 Å². The highest BCUT2D eigenvalue weighted by Gasteiger charge is 2.56. The average molecular weight is 517 g/mol. The summed E-state index contributed by atoms with van der Waals surface area (Å²) in [6, 6.07) is 0. The van der Waals surface area contributed by atoms with Crippen LogP contribution >= 0.6 is 23.5 Å². The smallest absolute Gasteiger partial charge is 0.193 e. The molecule has 4 aliphatic rings. The van der Waals surface area contributed by atoms with E-state index in [1.165, 1.54) is 23.5 Å². The Kier molecular flexibility index (Phi) is 7.82. The van der Waals surface area contributed by atoms with E-state index in [0.717, 1.165) is 32.1 Å². The van der Waals surface area contributed by atoms with Gasteiger partial charge in [-0.3, -0.25) is 0 Å². The summed E-state index contributed by atoms with van der Waals surface area (Å²) in [5.74, 6) is 1.95. The van der Waals surface area contributed by atoms with Crippen molar-refractivity contribution in [3.8, 4) is 0 Å². The minimum Gasteiger partial charge on any atom is -0.407 e. The van der Waals surface area contributed by atoms with Crippen molar-refractivity contribution < 1.29 is 23.4 Å². The largest absolute Gasteiger partial charge is 0.407 e. The van der Waals surface area contributed by atoms with E-state index in [9.17, 15) is 0 Å². The Morgan fingerprint density at radius 1 is 1.09 bits per heavy atom. The van der Waals surface area contributed by atoms with Gasteiger partial charge in [0.1, 0.15) is 4.08 Å². The maximum absolute atomic E-state index is 7.20. The van der Waals surface area contributed by atoms with Crippen molar-refractivity contribution in [3.05, 3.63) is 11.6 Å². The number of hydrogen-bond donors (Lipinski definition) is 0. The Bertz CT molecular complexity index is 725. The molecule has 0 N–H and O–H groups in total. The van der Waals surface area contributed by atoms with E-state index in [1.807, 2.05) is 23.5 Å². The van der Waals surface area contributed by atoms with Crippen molar-refractivity contribution in [2.24, 2.45) is 0 Å². The third-order valence-corrected chi connectivity index (χ3v) is 16.2. The summed E-state index contributed by atoms with van der Waals surface area (Å²) >= 11 is 4.06. The van der Waals surface area contributed by atoms with Gasteiger partial charge in [-0.2, -0.15) is 0 Å². The zero-order valence-electron chi connectivity index (χ0n) is 21.7. The average Bonchev–Trinajstić information content (AvgIpc) is 3.23. The topological polar surface area (TPSA) is 46.2 Å². The second-order valence-corrected chi connectivity index (χ2v) is 19.6. The van der Waals surface area contributed by atoms with Crippen LogP contribution in [0.15, 0.2) is 11.6 Å². The molecule has 0 aromatic carbocycles. The summed E-state index contributed by atoms with van der Waals surface area (Å²) < 4.78 is 32.1. The molecule has 33 heavy (non-hydrogen) atoms. The van der Waals surface area contributed by atoms with Crippen molar-refractivity contribution in [1.29, 1.82) is 0 Å². The fourth-order valence-electron chi connectivity index (χ4n) is 5.11. The lowest BCUT2D eigenvalue weighted by Gasteiger charge is -2.54. The highest BCUT2D eigenvalue weighted by molar-refractivity contribution is 8.18. The summed E-state index contributed by atoms with van der Waals surface area (Å²) in [5, 5.41) is 0.126. The van der Waals surface area contributed by atoms with Gasteiger partial charge in [-0.1, -0.05) is 26.8 Å². The molecule has 190 valence electrons. The Hall–Kier alpha value is 0.457. The molecule has 1 aliphatic carbocycles. The first-order chi connectivity index (χ1) is 15.4. The van der Waals surface area contributed by atoms with Gasteiger partial charge in [-0.05, 0) is 67.8 Å². The third-order valence-electron chi connectivity index (χ3n) is 8.29. The molecule has 3 aliphatic heterocycles. The van der Waals surface area contributed by atoms with E-state index in [0.29, 0.717) is 13.2 Å². The fraction of sp³-hybridized carbons (Fsp3) is 0.920. The van der Waals surface area contributed by atoms with Crippen LogP contribution in [0.4, 0.5) is 0 Å². The van der Waals surface area contributed by atoms with Crippen LogP contribution in [0.1, 0.15) is 66.2 Å².